The lowest BCUT2D eigenvalue weighted by atomic mass is 9.82. The maximum atomic E-state index is 6.72. The Balaban J connectivity index is 1.90. The van der Waals surface area contributed by atoms with Crippen LogP contribution < -0.4 is 0 Å². The molecule has 5 rings (SSSR count). The lowest BCUT2D eigenvalue weighted by Gasteiger charge is -2.22. The zero-order valence-electron chi connectivity index (χ0n) is 21.0. The second-order valence-electron chi connectivity index (χ2n) is 10.2. The molecule has 5 aromatic carbocycles. The second-order valence-corrected chi connectivity index (χ2v) is 12.3. The molecule has 0 N–H and O–H groups in total. The van der Waals surface area contributed by atoms with E-state index >= 15 is 0 Å². The van der Waals surface area contributed by atoms with E-state index in [4.69, 9.17) is 11.6 Å². The zero-order chi connectivity index (χ0) is 26.2. The first-order chi connectivity index (χ1) is 17.7. The van der Waals surface area contributed by atoms with Crippen LogP contribution in [0.3, 0.4) is 0 Å². The summed E-state index contributed by atoms with van der Waals surface area (Å²) in [6.45, 7) is 6.75. The first-order valence-electron chi connectivity index (χ1n) is 12.3. The second kappa shape index (κ2) is 10.6. The fraction of sp³-hybridized carbons (Fsp3) is 0.118. The molecule has 5 aromatic rings. The van der Waals surface area contributed by atoms with Crippen LogP contribution in [0, 0.1) is 0 Å². The third kappa shape index (κ3) is 5.34. The molecule has 0 amide bonds. The lowest BCUT2D eigenvalue weighted by molar-refractivity contribution is 0.590. The number of benzene rings is 5. The summed E-state index contributed by atoms with van der Waals surface area (Å²) in [4.78, 5) is 0. The molecule has 37 heavy (non-hydrogen) atoms. The minimum atomic E-state index is 0.0863. The van der Waals surface area contributed by atoms with Crippen LogP contribution in [0.5, 0.6) is 0 Å². The van der Waals surface area contributed by atoms with Gasteiger partial charge in [0.2, 0.25) is 0 Å². The SMILES string of the molecule is CC(C)(C)c1ccc(-c2c(-c3ccccc3Br)cc(-c3ccccc3Cl)cc2-c2ccccc2Br)cc1. The van der Waals surface area contributed by atoms with Gasteiger partial charge in [0.15, 0.2) is 0 Å². The average Bonchev–Trinajstić information content (AvgIpc) is 2.88. The van der Waals surface area contributed by atoms with Crippen molar-refractivity contribution >= 4 is 43.5 Å². The van der Waals surface area contributed by atoms with Gasteiger partial charge in [-0.05, 0) is 80.3 Å². The highest BCUT2D eigenvalue weighted by Crippen LogP contribution is 2.47. The Hall–Kier alpha value is -2.65. The molecular formula is C34H27Br2Cl. The first kappa shape index (κ1) is 26.0. The molecule has 0 radical (unpaired) electrons. The van der Waals surface area contributed by atoms with Crippen molar-refractivity contribution in [3.8, 4) is 44.5 Å². The molecule has 0 aliphatic heterocycles. The highest BCUT2D eigenvalue weighted by atomic mass is 79.9. The fourth-order valence-electron chi connectivity index (χ4n) is 4.72. The van der Waals surface area contributed by atoms with Gasteiger partial charge in [-0.2, -0.15) is 0 Å². The van der Waals surface area contributed by atoms with Crippen molar-refractivity contribution in [2.45, 2.75) is 26.2 Å². The molecule has 0 nitrogen and oxygen atoms in total. The minimum absolute atomic E-state index is 0.0863. The number of hydrogen-bond acceptors (Lipinski definition) is 0. The predicted octanol–water partition coefficient (Wildman–Crippen LogP) is 11.8. The molecule has 0 spiro atoms. The molecule has 0 fully saturated rings. The molecular weight excluding hydrogens is 604 g/mol. The van der Waals surface area contributed by atoms with Crippen molar-refractivity contribution < 1.29 is 0 Å². The molecule has 0 aliphatic carbocycles. The Kier molecular flexibility index (Phi) is 7.45. The molecule has 0 saturated heterocycles. The van der Waals surface area contributed by atoms with Crippen LogP contribution in [0.1, 0.15) is 26.3 Å². The highest BCUT2D eigenvalue weighted by molar-refractivity contribution is 9.11. The molecule has 0 heterocycles. The Labute approximate surface area is 241 Å². The van der Waals surface area contributed by atoms with E-state index in [1.54, 1.807) is 0 Å². The zero-order valence-corrected chi connectivity index (χ0v) is 25.0. The maximum absolute atomic E-state index is 6.72. The number of hydrogen-bond donors (Lipinski definition) is 0. The van der Waals surface area contributed by atoms with E-state index in [1.165, 1.54) is 16.7 Å². The standard InChI is InChI=1S/C34H27Br2Cl/c1-34(2,3)24-18-16-22(17-19-24)33-28(26-11-4-7-13-30(26)35)20-23(25-10-6-9-15-32(25)37)21-29(33)27-12-5-8-14-31(27)36/h4-21H,1-3H3. The van der Waals surface area contributed by atoms with Gasteiger partial charge in [0.05, 0.1) is 0 Å². The summed E-state index contributed by atoms with van der Waals surface area (Å²) in [5, 5.41) is 0.737. The van der Waals surface area contributed by atoms with Gasteiger partial charge in [-0.15, -0.1) is 0 Å². The summed E-state index contributed by atoms with van der Waals surface area (Å²) in [6, 6.07) is 38.4. The molecule has 0 bridgehead atoms. The van der Waals surface area contributed by atoms with Crippen LogP contribution >= 0.6 is 43.5 Å². The quantitative estimate of drug-likeness (QED) is 0.185. The molecule has 0 unspecified atom stereocenters. The van der Waals surface area contributed by atoms with Crippen molar-refractivity contribution in [2.75, 3.05) is 0 Å². The molecule has 0 aliphatic rings. The fourth-order valence-corrected chi connectivity index (χ4v) is 5.97. The van der Waals surface area contributed by atoms with Gasteiger partial charge in [-0.1, -0.05) is 143 Å². The van der Waals surface area contributed by atoms with E-state index in [-0.39, 0.29) is 5.41 Å². The van der Waals surface area contributed by atoms with Crippen molar-refractivity contribution in [3.63, 3.8) is 0 Å². The smallest absolute Gasteiger partial charge is 0.0484 e. The monoisotopic (exact) mass is 628 g/mol. The third-order valence-corrected chi connectivity index (χ3v) is 8.40. The van der Waals surface area contributed by atoms with Crippen LogP contribution in [0.2, 0.25) is 5.02 Å². The Bertz CT molecular complexity index is 1510. The van der Waals surface area contributed by atoms with E-state index in [9.17, 15) is 0 Å². The predicted molar refractivity (Wildman–Crippen MR) is 167 cm³/mol. The minimum Gasteiger partial charge on any atom is -0.0837 e. The molecule has 0 saturated carbocycles. The van der Waals surface area contributed by atoms with Gasteiger partial charge < -0.3 is 0 Å². The summed E-state index contributed by atoms with van der Waals surface area (Å²) >= 11 is 14.4. The molecule has 184 valence electrons. The normalized spacial score (nSPS) is 11.5. The van der Waals surface area contributed by atoms with Crippen molar-refractivity contribution in [1.82, 2.24) is 0 Å². The largest absolute Gasteiger partial charge is 0.0837 e. The summed E-state index contributed by atoms with van der Waals surface area (Å²) in [6.07, 6.45) is 0. The van der Waals surface area contributed by atoms with Gasteiger partial charge in [-0.3, -0.25) is 0 Å². The topological polar surface area (TPSA) is 0 Å². The van der Waals surface area contributed by atoms with E-state index < -0.39 is 0 Å². The van der Waals surface area contributed by atoms with Crippen molar-refractivity contribution in [3.05, 3.63) is 129 Å². The van der Waals surface area contributed by atoms with Gasteiger partial charge >= 0.3 is 0 Å². The maximum Gasteiger partial charge on any atom is 0.0484 e. The summed E-state index contributed by atoms with van der Waals surface area (Å²) in [5.41, 5.74) is 10.4. The van der Waals surface area contributed by atoms with E-state index in [1.807, 2.05) is 18.2 Å². The Morgan fingerprint density at radius 3 is 1.43 bits per heavy atom. The average molecular weight is 631 g/mol. The van der Waals surface area contributed by atoms with Crippen LogP contribution in [-0.2, 0) is 5.41 Å². The van der Waals surface area contributed by atoms with Crippen LogP contribution in [0.25, 0.3) is 44.5 Å². The van der Waals surface area contributed by atoms with Gasteiger partial charge in [0.25, 0.3) is 0 Å². The van der Waals surface area contributed by atoms with E-state index in [2.05, 4.69) is 144 Å². The third-order valence-electron chi connectivity index (χ3n) is 6.69. The van der Waals surface area contributed by atoms with Crippen LogP contribution in [0.4, 0.5) is 0 Å². The van der Waals surface area contributed by atoms with E-state index in [0.29, 0.717) is 0 Å². The Morgan fingerprint density at radius 2 is 0.973 bits per heavy atom. The summed E-state index contributed by atoms with van der Waals surface area (Å²) < 4.78 is 2.11. The molecule has 3 heteroatoms. The van der Waals surface area contributed by atoms with Crippen LogP contribution in [0.15, 0.2) is 118 Å². The van der Waals surface area contributed by atoms with Crippen molar-refractivity contribution in [2.24, 2.45) is 0 Å². The highest BCUT2D eigenvalue weighted by Gasteiger charge is 2.21. The number of halogens is 3. The van der Waals surface area contributed by atoms with Gasteiger partial charge in [0, 0.05) is 19.5 Å². The number of rotatable bonds is 4. The van der Waals surface area contributed by atoms with E-state index in [0.717, 1.165) is 47.3 Å². The first-order valence-corrected chi connectivity index (χ1v) is 14.2. The van der Waals surface area contributed by atoms with Gasteiger partial charge in [-0.25, -0.2) is 0 Å². The van der Waals surface area contributed by atoms with Crippen LogP contribution in [-0.4, -0.2) is 0 Å². The summed E-state index contributed by atoms with van der Waals surface area (Å²) in [5.74, 6) is 0. The van der Waals surface area contributed by atoms with Crippen molar-refractivity contribution in [1.29, 1.82) is 0 Å². The van der Waals surface area contributed by atoms with Gasteiger partial charge in [0.1, 0.15) is 0 Å². The Morgan fingerprint density at radius 1 is 0.514 bits per heavy atom. The molecule has 0 aromatic heterocycles. The molecule has 0 atom stereocenters. The summed E-state index contributed by atoms with van der Waals surface area (Å²) in [7, 11) is 0. The lowest BCUT2D eigenvalue weighted by Crippen LogP contribution is -2.10.